The van der Waals surface area contributed by atoms with Gasteiger partial charge in [-0.25, -0.2) is 4.79 Å². The van der Waals surface area contributed by atoms with Crippen molar-refractivity contribution in [1.82, 2.24) is 0 Å². The minimum atomic E-state index is -0.853. The molecule has 188 valence electrons. The fourth-order valence-electron chi connectivity index (χ4n) is 4.19. The van der Waals surface area contributed by atoms with E-state index in [2.05, 4.69) is 0 Å². The minimum absolute atomic E-state index is 0.0540. The Bertz CT molecular complexity index is 495. The quantitative estimate of drug-likeness (QED) is 0.169. The van der Waals surface area contributed by atoms with Crippen LogP contribution in [0.4, 0.5) is 0 Å². The first-order chi connectivity index (χ1) is 15.4. The van der Waals surface area contributed by atoms with Gasteiger partial charge in [-0.3, -0.25) is 0 Å². The normalized spacial score (nSPS) is 24.8. The van der Waals surface area contributed by atoms with E-state index in [9.17, 15) is 15.0 Å². The highest BCUT2D eigenvalue weighted by atomic mass is 16.7. The molecule has 1 fully saturated rings. The van der Waals surface area contributed by atoms with Crippen LogP contribution in [0.2, 0.25) is 0 Å². The van der Waals surface area contributed by atoms with Crippen molar-refractivity contribution in [3.8, 4) is 0 Å². The summed E-state index contributed by atoms with van der Waals surface area (Å²) in [6.45, 7) is 3.84. The highest BCUT2D eigenvalue weighted by molar-refractivity contribution is 5.79. The maximum Gasteiger partial charge on any atom is 0.327 e. The van der Waals surface area contributed by atoms with E-state index in [1.807, 2.05) is 13.8 Å². The predicted molar refractivity (Wildman–Crippen MR) is 128 cm³/mol. The summed E-state index contributed by atoms with van der Waals surface area (Å²) in [6.07, 6.45) is 19.3. The topological polar surface area (TPSA) is 96.2 Å². The highest BCUT2D eigenvalue weighted by Crippen LogP contribution is 2.23. The van der Waals surface area contributed by atoms with Gasteiger partial charge in [0.15, 0.2) is 6.29 Å². The van der Waals surface area contributed by atoms with Gasteiger partial charge in [0.1, 0.15) is 6.10 Å². The fraction of sp³-hybridized carbons (Fsp3) is 0.885. The second-order valence-corrected chi connectivity index (χ2v) is 9.44. The monoisotopic (exact) mass is 456 g/mol. The Balaban J connectivity index is 1.83. The molecule has 0 radical (unpaired) electrons. The maximum atomic E-state index is 10.3. The molecule has 6 heteroatoms. The highest BCUT2D eigenvalue weighted by Gasteiger charge is 2.35. The van der Waals surface area contributed by atoms with E-state index in [1.54, 1.807) is 6.08 Å². The summed E-state index contributed by atoms with van der Waals surface area (Å²) < 4.78 is 11.4. The van der Waals surface area contributed by atoms with Crippen LogP contribution in [0.5, 0.6) is 0 Å². The van der Waals surface area contributed by atoms with Crippen LogP contribution in [0.3, 0.4) is 0 Å². The number of carboxylic acids is 1. The van der Waals surface area contributed by atoms with Gasteiger partial charge in [0, 0.05) is 12.5 Å². The van der Waals surface area contributed by atoms with Crippen LogP contribution in [0.15, 0.2) is 12.2 Å². The number of rotatable bonds is 19. The smallest absolute Gasteiger partial charge is 0.327 e. The van der Waals surface area contributed by atoms with Crippen LogP contribution >= 0.6 is 0 Å². The summed E-state index contributed by atoms with van der Waals surface area (Å²) in [5.74, 6) is -0.853. The molecule has 3 N–H and O–H groups in total. The van der Waals surface area contributed by atoms with Gasteiger partial charge in [0.2, 0.25) is 0 Å². The van der Waals surface area contributed by atoms with E-state index in [-0.39, 0.29) is 12.2 Å². The predicted octanol–water partition coefficient (Wildman–Crippen LogP) is 5.74. The van der Waals surface area contributed by atoms with Crippen molar-refractivity contribution in [2.45, 2.75) is 147 Å². The van der Waals surface area contributed by atoms with Crippen molar-refractivity contribution in [3.05, 3.63) is 12.2 Å². The van der Waals surface area contributed by atoms with Gasteiger partial charge in [-0.2, -0.15) is 0 Å². The summed E-state index contributed by atoms with van der Waals surface area (Å²) in [4.78, 5) is 10.3. The van der Waals surface area contributed by atoms with Gasteiger partial charge in [0.05, 0.1) is 18.3 Å². The van der Waals surface area contributed by atoms with Gasteiger partial charge in [-0.05, 0) is 33.1 Å². The Hall–Kier alpha value is -0.950. The van der Waals surface area contributed by atoms with Gasteiger partial charge in [-0.1, -0.05) is 83.1 Å². The number of aliphatic hydroxyl groups excluding tert-OH is 2. The third-order valence-electron chi connectivity index (χ3n) is 6.30. The number of aliphatic hydroxyl groups is 2. The lowest BCUT2D eigenvalue weighted by Gasteiger charge is -2.36. The molecule has 0 unspecified atom stereocenters. The van der Waals surface area contributed by atoms with Crippen molar-refractivity contribution < 1.29 is 29.6 Å². The molecule has 0 spiro atoms. The second-order valence-electron chi connectivity index (χ2n) is 9.44. The Morgan fingerprint density at radius 1 is 0.906 bits per heavy atom. The molecule has 6 nitrogen and oxygen atoms in total. The molecule has 1 rings (SSSR count). The zero-order chi connectivity index (χ0) is 23.6. The number of allylic oxidation sites excluding steroid dienone is 1. The van der Waals surface area contributed by atoms with Crippen LogP contribution in [0, 0.1) is 0 Å². The molecule has 0 aromatic heterocycles. The lowest BCUT2D eigenvalue weighted by atomic mass is 10.0. The molecule has 5 atom stereocenters. The van der Waals surface area contributed by atoms with E-state index >= 15 is 0 Å². The summed E-state index contributed by atoms with van der Waals surface area (Å²) in [7, 11) is 0. The number of hydrogen-bond donors (Lipinski definition) is 3. The third-order valence-corrected chi connectivity index (χ3v) is 6.30. The van der Waals surface area contributed by atoms with Gasteiger partial charge in [0.25, 0.3) is 0 Å². The van der Waals surface area contributed by atoms with E-state index in [1.165, 1.54) is 76.7 Å². The molecule has 0 aromatic rings. The van der Waals surface area contributed by atoms with Crippen LogP contribution in [-0.4, -0.2) is 52.0 Å². The van der Waals surface area contributed by atoms with E-state index < -0.39 is 24.5 Å². The first kappa shape index (κ1) is 29.1. The number of aliphatic carboxylic acids is 1. The molecule has 0 amide bonds. The van der Waals surface area contributed by atoms with Crippen LogP contribution in [-0.2, 0) is 14.3 Å². The molecule has 1 aliphatic rings. The Kier molecular flexibility index (Phi) is 16.8. The molecule has 0 aliphatic carbocycles. The minimum Gasteiger partial charge on any atom is -0.478 e. The summed E-state index contributed by atoms with van der Waals surface area (Å²) in [6, 6.07) is 0. The van der Waals surface area contributed by atoms with Gasteiger partial charge >= 0.3 is 5.97 Å². The van der Waals surface area contributed by atoms with Crippen molar-refractivity contribution in [1.29, 1.82) is 0 Å². The molecular formula is C26H48O6. The molecule has 1 saturated heterocycles. The molecule has 1 heterocycles. The molecule has 1 aliphatic heterocycles. The van der Waals surface area contributed by atoms with Crippen LogP contribution < -0.4 is 0 Å². The lowest BCUT2D eigenvalue weighted by molar-refractivity contribution is -0.273. The molecular weight excluding hydrogens is 408 g/mol. The number of carbonyl (C=O) groups is 1. The lowest BCUT2D eigenvalue weighted by Crippen LogP contribution is -2.48. The van der Waals surface area contributed by atoms with Crippen molar-refractivity contribution in [2.75, 3.05) is 0 Å². The third kappa shape index (κ3) is 15.0. The second kappa shape index (κ2) is 18.5. The Morgan fingerprint density at radius 2 is 1.41 bits per heavy atom. The van der Waals surface area contributed by atoms with Crippen LogP contribution in [0.1, 0.15) is 117 Å². The maximum absolute atomic E-state index is 10.3. The van der Waals surface area contributed by atoms with E-state index in [4.69, 9.17) is 14.6 Å². The SMILES string of the molecule is C[C@H](CCCCCCCCCCCCCCC/C=C/C(=O)O)O[C@@H]1O[C@@H](C)[C@H](O)C[C@H]1O. The van der Waals surface area contributed by atoms with E-state index in [0.717, 1.165) is 25.7 Å². The number of carboxylic acid groups (broad SMARTS) is 1. The molecule has 0 aromatic carbocycles. The average Bonchev–Trinajstić information content (AvgIpc) is 2.74. The number of hydrogen-bond acceptors (Lipinski definition) is 5. The first-order valence-corrected chi connectivity index (χ1v) is 13.0. The van der Waals surface area contributed by atoms with Gasteiger partial charge in [-0.15, -0.1) is 0 Å². The average molecular weight is 457 g/mol. The Morgan fingerprint density at radius 3 is 1.94 bits per heavy atom. The zero-order valence-corrected chi connectivity index (χ0v) is 20.4. The first-order valence-electron chi connectivity index (χ1n) is 13.0. The van der Waals surface area contributed by atoms with Crippen molar-refractivity contribution in [2.24, 2.45) is 0 Å². The summed E-state index contributed by atoms with van der Waals surface area (Å²) in [5, 5.41) is 28.2. The summed E-state index contributed by atoms with van der Waals surface area (Å²) in [5.41, 5.74) is 0. The number of unbranched alkanes of at least 4 members (excludes halogenated alkanes) is 13. The van der Waals surface area contributed by atoms with Crippen molar-refractivity contribution >= 4 is 5.97 Å². The van der Waals surface area contributed by atoms with Crippen molar-refractivity contribution in [3.63, 3.8) is 0 Å². The number of ether oxygens (including phenoxy) is 2. The zero-order valence-electron chi connectivity index (χ0n) is 20.4. The van der Waals surface area contributed by atoms with Crippen LogP contribution in [0.25, 0.3) is 0 Å². The fourth-order valence-corrected chi connectivity index (χ4v) is 4.19. The molecule has 0 saturated carbocycles. The largest absolute Gasteiger partial charge is 0.478 e. The molecule has 32 heavy (non-hydrogen) atoms. The van der Waals surface area contributed by atoms with E-state index in [0.29, 0.717) is 6.42 Å². The van der Waals surface area contributed by atoms with Gasteiger partial charge < -0.3 is 24.8 Å². The summed E-state index contributed by atoms with van der Waals surface area (Å²) >= 11 is 0. The standard InChI is InChI=1S/C26H48O6/c1-21(31-26-24(28)20-23(27)22(2)32-26)18-16-14-12-10-8-6-4-3-5-7-9-11-13-15-17-19-25(29)30/h17,19,21-24,26-28H,3-16,18,20H2,1-2H3,(H,29,30)/b19-17+/t21-,22+,23-,24-,26-/m1/s1. The molecule has 0 bridgehead atoms. The Labute approximate surface area is 195 Å².